The maximum atomic E-state index is 5.72. The molecule has 0 bridgehead atoms. The van der Waals surface area contributed by atoms with Crippen molar-refractivity contribution in [1.82, 2.24) is 9.78 Å². The molecule has 3 heteroatoms. The molecule has 0 radical (unpaired) electrons. The Labute approximate surface area is 102 Å². The van der Waals surface area contributed by atoms with Crippen LogP contribution in [0.25, 0.3) is 0 Å². The Morgan fingerprint density at radius 3 is 2.47 bits per heavy atom. The van der Waals surface area contributed by atoms with E-state index in [1.165, 1.54) is 11.1 Å². The van der Waals surface area contributed by atoms with Crippen molar-refractivity contribution < 1.29 is 4.74 Å². The molecule has 0 saturated heterocycles. The maximum absolute atomic E-state index is 5.72. The van der Waals surface area contributed by atoms with E-state index in [4.69, 9.17) is 4.74 Å². The van der Waals surface area contributed by atoms with Gasteiger partial charge in [-0.05, 0) is 50.1 Å². The van der Waals surface area contributed by atoms with Crippen LogP contribution in [0.3, 0.4) is 0 Å². The van der Waals surface area contributed by atoms with E-state index < -0.39 is 0 Å². The van der Waals surface area contributed by atoms with Crippen molar-refractivity contribution in [1.29, 1.82) is 0 Å². The van der Waals surface area contributed by atoms with Crippen LogP contribution in [-0.2, 0) is 13.7 Å². The van der Waals surface area contributed by atoms with E-state index in [1.54, 1.807) is 0 Å². The summed E-state index contributed by atoms with van der Waals surface area (Å²) in [6, 6.07) is 8.18. The Morgan fingerprint density at radius 1 is 1.12 bits per heavy atom. The fourth-order valence-corrected chi connectivity index (χ4v) is 1.67. The van der Waals surface area contributed by atoms with Crippen molar-refractivity contribution in [3.8, 4) is 5.75 Å². The second-order valence-corrected chi connectivity index (χ2v) is 4.44. The van der Waals surface area contributed by atoms with E-state index in [9.17, 15) is 0 Å². The topological polar surface area (TPSA) is 27.1 Å². The lowest BCUT2D eigenvalue weighted by atomic mass is 10.1. The largest absolute Gasteiger partial charge is 0.487 e. The molecule has 0 atom stereocenters. The minimum Gasteiger partial charge on any atom is -0.487 e. The van der Waals surface area contributed by atoms with E-state index in [0.29, 0.717) is 6.61 Å². The van der Waals surface area contributed by atoms with Crippen LogP contribution in [0.2, 0.25) is 0 Å². The maximum Gasteiger partial charge on any atom is 0.132 e. The first-order valence-electron chi connectivity index (χ1n) is 5.76. The standard InChI is InChI=1S/C14H18N2O/c1-10-5-6-14(7-11(10)2)17-9-13-8-12(3)16(4)15-13/h5-8H,9H2,1-4H3. The molecule has 1 aromatic heterocycles. The van der Waals surface area contributed by atoms with Crippen LogP contribution in [0, 0.1) is 20.8 Å². The van der Waals surface area contributed by atoms with Crippen molar-refractivity contribution in [2.75, 3.05) is 0 Å². The monoisotopic (exact) mass is 230 g/mol. The Balaban J connectivity index is 2.04. The lowest BCUT2D eigenvalue weighted by molar-refractivity contribution is 0.300. The first-order chi connectivity index (χ1) is 8.06. The third-order valence-electron chi connectivity index (χ3n) is 3.03. The predicted molar refractivity (Wildman–Crippen MR) is 68.2 cm³/mol. The molecule has 0 amide bonds. The predicted octanol–water partition coefficient (Wildman–Crippen LogP) is 2.92. The van der Waals surface area contributed by atoms with Gasteiger partial charge >= 0.3 is 0 Å². The zero-order valence-corrected chi connectivity index (χ0v) is 10.8. The number of benzene rings is 1. The van der Waals surface area contributed by atoms with E-state index in [0.717, 1.165) is 17.1 Å². The summed E-state index contributed by atoms with van der Waals surface area (Å²) in [5.41, 5.74) is 4.64. The summed E-state index contributed by atoms with van der Waals surface area (Å²) in [5.74, 6) is 0.899. The van der Waals surface area contributed by atoms with Crippen molar-refractivity contribution in [3.63, 3.8) is 0 Å². The van der Waals surface area contributed by atoms with Gasteiger partial charge in [-0.15, -0.1) is 0 Å². The zero-order chi connectivity index (χ0) is 12.4. The Kier molecular flexibility index (Phi) is 3.18. The molecule has 0 fully saturated rings. The first-order valence-corrected chi connectivity index (χ1v) is 5.76. The molecule has 90 valence electrons. The summed E-state index contributed by atoms with van der Waals surface area (Å²) in [5, 5.41) is 4.36. The first kappa shape index (κ1) is 11.7. The summed E-state index contributed by atoms with van der Waals surface area (Å²) >= 11 is 0. The molecule has 0 unspecified atom stereocenters. The molecule has 0 aliphatic heterocycles. The highest BCUT2D eigenvalue weighted by molar-refractivity contribution is 5.33. The third-order valence-corrected chi connectivity index (χ3v) is 3.03. The van der Waals surface area contributed by atoms with Crippen LogP contribution in [-0.4, -0.2) is 9.78 Å². The van der Waals surface area contributed by atoms with Gasteiger partial charge in [-0.3, -0.25) is 4.68 Å². The summed E-state index contributed by atoms with van der Waals surface area (Å²) < 4.78 is 7.58. The molecular weight excluding hydrogens is 212 g/mol. The SMILES string of the molecule is Cc1ccc(OCc2cc(C)n(C)n2)cc1C. The van der Waals surface area contributed by atoms with Crippen LogP contribution in [0.4, 0.5) is 0 Å². The fourth-order valence-electron chi connectivity index (χ4n) is 1.67. The molecule has 1 aromatic carbocycles. The molecule has 0 aliphatic rings. The van der Waals surface area contributed by atoms with Gasteiger partial charge in [0.05, 0.1) is 0 Å². The van der Waals surface area contributed by atoms with Gasteiger partial charge in [0.15, 0.2) is 0 Å². The Hall–Kier alpha value is -1.77. The fraction of sp³-hybridized carbons (Fsp3) is 0.357. The van der Waals surface area contributed by atoms with E-state index in [2.05, 4.69) is 31.1 Å². The summed E-state index contributed by atoms with van der Waals surface area (Å²) in [6.45, 7) is 6.74. The number of aromatic nitrogens is 2. The van der Waals surface area contributed by atoms with Crippen molar-refractivity contribution in [2.24, 2.45) is 7.05 Å². The smallest absolute Gasteiger partial charge is 0.132 e. The van der Waals surface area contributed by atoms with E-state index >= 15 is 0 Å². The molecular formula is C14H18N2O. The molecule has 2 aromatic rings. The molecule has 0 spiro atoms. The quantitative estimate of drug-likeness (QED) is 0.810. The van der Waals surface area contributed by atoms with Gasteiger partial charge in [0.1, 0.15) is 18.1 Å². The van der Waals surface area contributed by atoms with Crippen LogP contribution in [0.5, 0.6) is 5.75 Å². The number of hydrogen-bond donors (Lipinski definition) is 0. The highest BCUT2D eigenvalue weighted by Gasteiger charge is 2.03. The van der Waals surface area contributed by atoms with Gasteiger partial charge in [-0.25, -0.2) is 0 Å². The number of nitrogens with zero attached hydrogens (tertiary/aromatic N) is 2. The molecule has 3 nitrogen and oxygen atoms in total. The normalized spacial score (nSPS) is 10.6. The van der Waals surface area contributed by atoms with Gasteiger partial charge in [0.25, 0.3) is 0 Å². The summed E-state index contributed by atoms with van der Waals surface area (Å²) in [7, 11) is 1.94. The number of hydrogen-bond acceptors (Lipinski definition) is 2. The molecule has 1 heterocycles. The molecule has 2 rings (SSSR count). The van der Waals surface area contributed by atoms with Gasteiger partial charge in [-0.2, -0.15) is 5.10 Å². The Morgan fingerprint density at radius 2 is 1.88 bits per heavy atom. The van der Waals surface area contributed by atoms with E-state index in [-0.39, 0.29) is 0 Å². The van der Waals surface area contributed by atoms with E-state index in [1.807, 2.05) is 30.8 Å². The lowest BCUT2D eigenvalue weighted by Gasteiger charge is -2.06. The lowest BCUT2D eigenvalue weighted by Crippen LogP contribution is -1.98. The van der Waals surface area contributed by atoms with Gasteiger partial charge in [0.2, 0.25) is 0 Å². The molecule has 0 aliphatic carbocycles. The van der Waals surface area contributed by atoms with Crippen molar-refractivity contribution in [2.45, 2.75) is 27.4 Å². The molecule has 0 saturated carbocycles. The van der Waals surface area contributed by atoms with Crippen LogP contribution < -0.4 is 4.74 Å². The number of ether oxygens (including phenoxy) is 1. The van der Waals surface area contributed by atoms with Gasteiger partial charge < -0.3 is 4.74 Å². The molecule has 0 N–H and O–H groups in total. The average Bonchev–Trinajstić information content (AvgIpc) is 2.60. The van der Waals surface area contributed by atoms with Crippen molar-refractivity contribution >= 4 is 0 Å². The molecule has 17 heavy (non-hydrogen) atoms. The van der Waals surface area contributed by atoms with Crippen molar-refractivity contribution in [3.05, 3.63) is 46.8 Å². The average molecular weight is 230 g/mol. The number of rotatable bonds is 3. The van der Waals surface area contributed by atoms with Crippen LogP contribution in [0.15, 0.2) is 24.3 Å². The highest BCUT2D eigenvalue weighted by Crippen LogP contribution is 2.17. The third kappa shape index (κ3) is 2.67. The Bertz CT molecular complexity index is 510. The zero-order valence-electron chi connectivity index (χ0n) is 10.8. The van der Waals surface area contributed by atoms with Crippen LogP contribution in [0.1, 0.15) is 22.5 Å². The second-order valence-electron chi connectivity index (χ2n) is 4.44. The highest BCUT2D eigenvalue weighted by atomic mass is 16.5. The second kappa shape index (κ2) is 4.62. The van der Waals surface area contributed by atoms with Crippen LogP contribution >= 0.6 is 0 Å². The summed E-state index contributed by atoms with van der Waals surface area (Å²) in [4.78, 5) is 0. The minimum absolute atomic E-state index is 0.518. The minimum atomic E-state index is 0.518. The van der Waals surface area contributed by atoms with Gasteiger partial charge in [-0.1, -0.05) is 6.07 Å². The van der Waals surface area contributed by atoms with Gasteiger partial charge in [0, 0.05) is 12.7 Å². The number of aryl methyl sites for hydroxylation is 4. The summed E-state index contributed by atoms with van der Waals surface area (Å²) in [6.07, 6.45) is 0.